The highest BCUT2D eigenvalue weighted by atomic mass is 19.4. The van der Waals surface area contributed by atoms with Crippen LogP contribution in [-0.2, 0) is 11.0 Å². The van der Waals surface area contributed by atoms with Crippen LogP contribution in [-0.4, -0.2) is 30.1 Å². The molecule has 0 spiro atoms. The second kappa shape index (κ2) is 6.27. The number of halogens is 3. The Morgan fingerprint density at radius 1 is 1.35 bits per heavy atom. The van der Waals surface area contributed by atoms with Crippen molar-refractivity contribution >= 4 is 11.9 Å². The van der Waals surface area contributed by atoms with E-state index >= 15 is 0 Å². The molecule has 0 aromatic heterocycles. The van der Waals surface area contributed by atoms with Crippen molar-refractivity contribution in [2.24, 2.45) is 0 Å². The van der Waals surface area contributed by atoms with Gasteiger partial charge in [-0.1, -0.05) is 0 Å². The summed E-state index contributed by atoms with van der Waals surface area (Å²) in [6.07, 6.45) is -4.78. The largest absolute Gasteiger partial charge is 0.483 e. The van der Waals surface area contributed by atoms with Crippen molar-refractivity contribution in [2.75, 3.05) is 13.2 Å². The minimum atomic E-state index is -4.78. The fourth-order valence-electron chi connectivity index (χ4n) is 1.40. The van der Waals surface area contributed by atoms with Crippen LogP contribution in [0, 0.1) is 0 Å². The summed E-state index contributed by atoms with van der Waals surface area (Å²) < 4.78 is 43.2. The van der Waals surface area contributed by atoms with Crippen LogP contribution in [0.3, 0.4) is 0 Å². The van der Waals surface area contributed by atoms with Gasteiger partial charge in [-0.05, 0) is 25.1 Å². The standard InChI is InChI=1S/C12H12F3NO4/c1-2-16-10(17)6-20-9-4-3-7(11(18)19)5-8(9)12(13,14)15/h3-5H,2,6H2,1H3,(H,16,17)(H,18,19). The first-order valence-electron chi connectivity index (χ1n) is 5.59. The van der Waals surface area contributed by atoms with Gasteiger partial charge in [-0.25, -0.2) is 4.79 Å². The number of ether oxygens (including phenoxy) is 1. The van der Waals surface area contributed by atoms with Crippen LogP contribution in [0.2, 0.25) is 0 Å². The number of hydrogen-bond donors (Lipinski definition) is 2. The van der Waals surface area contributed by atoms with Crippen LogP contribution >= 0.6 is 0 Å². The number of nitrogens with one attached hydrogen (secondary N) is 1. The molecular weight excluding hydrogens is 279 g/mol. The maximum Gasteiger partial charge on any atom is 0.419 e. The number of hydrogen-bond acceptors (Lipinski definition) is 3. The third-order valence-corrected chi connectivity index (χ3v) is 2.26. The van der Waals surface area contributed by atoms with E-state index in [1.807, 2.05) is 0 Å². The Balaban J connectivity index is 3.01. The molecule has 1 aromatic rings. The molecule has 0 radical (unpaired) electrons. The number of aromatic carboxylic acids is 1. The van der Waals surface area contributed by atoms with E-state index in [0.717, 1.165) is 12.1 Å². The number of benzene rings is 1. The highest BCUT2D eigenvalue weighted by Gasteiger charge is 2.35. The van der Waals surface area contributed by atoms with E-state index in [1.165, 1.54) is 0 Å². The van der Waals surface area contributed by atoms with E-state index in [4.69, 9.17) is 9.84 Å². The second-order valence-electron chi connectivity index (χ2n) is 3.76. The predicted octanol–water partition coefficient (Wildman–Crippen LogP) is 1.92. The van der Waals surface area contributed by atoms with Crippen LogP contribution in [0.5, 0.6) is 5.75 Å². The van der Waals surface area contributed by atoms with Crippen molar-refractivity contribution in [1.82, 2.24) is 5.32 Å². The lowest BCUT2D eigenvalue weighted by atomic mass is 10.1. The van der Waals surface area contributed by atoms with E-state index in [0.29, 0.717) is 12.6 Å². The van der Waals surface area contributed by atoms with Crippen molar-refractivity contribution in [3.8, 4) is 5.75 Å². The smallest absolute Gasteiger partial charge is 0.419 e. The van der Waals surface area contributed by atoms with Crippen LogP contribution < -0.4 is 10.1 Å². The highest BCUT2D eigenvalue weighted by molar-refractivity contribution is 5.88. The third kappa shape index (κ3) is 4.15. The van der Waals surface area contributed by atoms with Crippen LogP contribution in [0.4, 0.5) is 13.2 Å². The lowest BCUT2D eigenvalue weighted by Gasteiger charge is -2.14. The molecule has 0 aliphatic heterocycles. The number of carbonyl (C=O) groups is 2. The van der Waals surface area contributed by atoms with Crippen LogP contribution in [0.15, 0.2) is 18.2 Å². The molecular formula is C12H12F3NO4. The summed E-state index contributed by atoms with van der Waals surface area (Å²) in [5, 5.41) is 11.0. The molecule has 0 fully saturated rings. The summed E-state index contributed by atoms with van der Waals surface area (Å²) in [4.78, 5) is 21.8. The number of carboxylic acids is 1. The van der Waals surface area contributed by atoms with Crippen molar-refractivity contribution in [1.29, 1.82) is 0 Å². The first-order valence-corrected chi connectivity index (χ1v) is 5.59. The number of rotatable bonds is 5. The topological polar surface area (TPSA) is 75.6 Å². The molecule has 0 saturated carbocycles. The van der Waals surface area contributed by atoms with Gasteiger partial charge in [0.2, 0.25) is 0 Å². The van der Waals surface area contributed by atoms with Crippen molar-refractivity contribution in [3.63, 3.8) is 0 Å². The summed E-state index contributed by atoms with van der Waals surface area (Å²) in [7, 11) is 0. The molecule has 0 saturated heterocycles. The second-order valence-corrected chi connectivity index (χ2v) is 3.76. The first kappa shape index (κ1) is 15.8. The first-order chi connectivity index (χ1) is 9.25. The lowest BCUT2D eigenvalue weighted by molar-refractivity contribution is -0.139. The van der Waals surface area contributed by atoms with E-state index in [9.17, 15) is 22.8 Å². The van der Waals surface area contributed by atoms with Gasteiger partial charge in [0.25, 0.3) is 5.91 Å². The number of alkyl halides is 3. The zero-order chi connectivity index (χ0) is 15.3. The predicted molar refractivity (Wildman–Crippen MR) is 62.6 cm³/mol. The summed E-state index contributed by atoms with van der Waals surface area (Å²) in [5.74, 6) is -2.64. The van der Waals surface area contributed by atoms with Gasteiger partial charge in [0.15, 0.2) is 6.61 Å². The molecule has 0 unspecified atom stereocenters. The SMILES string of the molecule is CCNC(=O)COc1ccc(C(=O)O)cc1C(F)(F)F. The molecule has 0 atom stereocenters. The lowest BCUT2D eigenvalue weighted by Crippen LogP contribution is -2.28. The van der Waals surface area contributed by atoms with Gasteiger partial charge in [-0.2, -0.15) is 13.2 Å². The maximum atomic E-state index is 12.8. The number of carboxylic acid groups (broad SMARTS) is 1. The van der Waals surface area contributed by atoms with E-state index in [2.05, 4.69) is 5.32 Å². The summed E-state index contributed by atoms with van der Waals surface area (Å²) in [6.45, 7) is 1.40. The molecule has 20 heavy (non-hydrogen) atoms. The molecule has 0 aliphatic carbocycles. The zero-order valence-electron chi connectivity index (χ0n) is 10.5. The molecule has 5 nitrogen and oxygen atoms in total. The van der Waals surface area contributed by atoms with Gasteiger partial charge in [-0.15, -0.1) is 0 Å². The number of amides is 1. The fourth-order valence-corrected chi connectivity index (χ4v) is 1.40. The van der Waals surface area contributed by atoms with Gasteiger partial charge in [0.1, 0.15) is 5.75 Å². The van der Waals surface area contributed by atoms with Crippen molar-refractivity contribution in [3.05, 3.63) is 29.3 Å². The minimum absolute atomic E-state index is 0.326. The molecule has 1 aromatic carbocycles. The average molecular weight is 291 g/mol. The van der Waals surface area contributed by atoms with Gasteiger partial charge >= 0.3 is 12.1 Å². The maximum absolute atomic E-state index is 12.8. The molecule has 0 aliphatic rings. The van der Waals surface area contributed by atoms with Gasteiger partial charge < -0.3 is 15.2 Å². The van der Waals surface area contributed by atoms with Gasteiger partial charge in [0, 0.05) is 6.54 Å². The minimum Gasteiger partial charge on any atom is -0.483 e. The number of likely N-dealkylation sites (N-methyl/N-ethyl adjacent to an activating group) is 1. The van der Waals surface area contributed by atoms with Gasteiger partial charge in [-0.3, -0.25) is 4.79 Å². The normalized spacial score (nSPS) is 11.0. The van der Waals surface area contributed by atoms with E-state index in [1.54, 1.807) is 6.92 Å². The monoisotopic (exact) mass is 291 g/mol. The average Bonchev–Trinajstić information content (AvgIpc) is 2.35. The Bertz CT molecular complexity index is 514. The van der Waals surface area contributed by atoms with E-state index < -0.39 is 41.5 Å². The summed E-state index contributed by atoms with van der Waals surface area (Å²) in [5.41, 5.74) is -1.75. The van der Waals surface area contributed by atoms with Crippen LogP contribution in [0.25, 0.3) is 0 Å². The van der Waals surface area contributed by atoms with E-state index in [-0.39, 0.29) is 0 Å². The molecule has 2 N–H and O–H groups in total. The molecule has 8 heteroatoms. The van der Waals surface area contributed by atoms with Crippen LogP contribution in [0.1, 0.15) is 22.8 Å². The Hall–Kier alpha value is -2.25. The Labute approximate surface area is 112 Å². The number of carbonyl (C=O) groups excluding carboxylic acids is 1. The van der Waals surface area contributed by atoms with Gasteiger partial charge in [0.05, 0.1) is 11.1 Å². The Morgan fingerprint density at radius 2 is 2.00 bits per heavy atom. The molecule has 0 heterocycles. The molecule has 1 rings (SSSR count). The van der Waals surface area contributed by atoms with Crippen molar-refractivity contribution < 1.29 is 32.6 Å². The molecule has 0 bridgehead atoms. The summed E-state index contributed by atoms with van der Waals surface area (Å²) >= 11 is 0. The Morgan fingerprint density at radius 3 is 2.50 bits per heavy atom. The highest BCUT2D eigenvalue weighted by Crippen LogP contribution is 2.36. The van der Waals surface area contributed by atoms with Crippen molar-refractivity contribution in [2.45, 2.75) is 13.1 Å². The quantitative estimate of drug-likeness (QED) is 0.869. The zero-order valence-corrected chi connectivity index (χ0v) is 10.5. The molecule has 110 valence electrons. The third-order valence-electron chi connectivity index (χ3n) is 2.26. The molecule has 1 amide bonds. The fraction of sp³-hybridized carbons (Fsp3) is 0.333. The summed E-state index contributed by atoms with van der Waals surface area (Å²) in [6, 6.07) is 2.32. The Kier molecular flexibility index (Phi) is 4.95.